The van der Waals surface area contributed by atoms with Gasteiger partial charge in [0.05, 0.1) is 11.9 Å². The van der Waals surface area contributed by atoms with E-state index in [0.717, 1.165) is 0 Å². The Bertz CT molecular complexity index is 277. The van der Waals surface area contributed by atoms with Crippen LogP contribution < -0.4 is 34.9 Å². The number of nitrogens with one attached hydrogen (secondary N) is 1. The third-order valence-corrected chi connectivity index (χ3v) is 2.19. The maximum absolute atomic E-state index is 10.9. The van der Waals surface area contributed by atoms with Gasteiger partial charge in [0, 0.05) is 13.0 Å². The summed E-state index contributed by atoms with van der Waals surface area (Å²) in [5.74, 6) is -0.831. The van der Waals surface area contributed by atoms with Crippen molar-refractivity contribution >= 4 is 16.0 Å². The molecular formula is C7H15NNaO5S+. The summed E-state index contributed by atoms with van der Waals surface area (Å²) in [6.07, 6.45) is -0.0803. The minimum atomic E-state index is -4.02. The van der Waals surface area contributed by atoms with Gasteiger partial charge in [0.15, 0.2) is 0 Å². The van der Waals surface area contributed by atoms with E-state index in [2.05, 4.69) is 5.32 Å². The van der Waals surface area contributed by atoms with E-state index in [9.17, 15) is 13.2 Å². The molecule has 0 bridgehead atoms. The molecule has 8 heteroatoms. The van der Waals surface area contributed by atoms with Gasteiger partial charge in [-0.15, -0.1) is 0 Å². The second kappa shape index (κ2) is 8.49. The first-order chi connectivity index (χ1) is 6.31. The molecule has 0 radical (unpaired) electrons. The Labute approximate surface area is 111 Å². The van der Waals surface area contributed by atoms with Crippen LogP contribution in [0.5, 0.6) is 0 Å². The summed E-state index contributed by atoms with van der Waals surface area (Å²) in [5, 5.41) is 11.1. The molecule has 0 aromatic carbocycles. The Morgan fingerprint density at radius 3 is 2.40 bits per heavy atom. The van der Waals surface area contributed by atoms with Crippen LogP contribution in [0.2, 0.25) is 0 Å². The van der Waals surface area contributed by atoms with E-state index in [1.165, 1.54) is 0 Å². The van der Waals surface area contributed by atoms with Crippen molar-refractivity contribution in [2.75, 3.05) is 12.3 Å². The van der Waals surface area contributed by atoms with E-state index in [1.807, 2.05) is 0 Å². The van der Waals surface area contributed by atoms with Gasteiger partial charge in [-0.2, -0.15) is 8.42 Å². The maximum atomic E-state index is 10.9. The van der Waals surface area contributed by atoms with E-state index in [-0.39, 0.29) is 48.4 Å². The number of hydrogen-bond donors (Lipinski definition) is 3. The second-order valence-electron chi connectivity index (χ2n) is 3.02. The molecule has 0 spiro atoms. The molecular weight excluding hydrogens is 233 g/mol. The van der Waals surface area contributed by atoms with Gasteiger partial charge in [-0.05, 0) is 13.3 Å². The molecule has 6 nitrogen and oxygen atoms in total. The third-order valence-electron chi connectivity index (χ3n) is 1.47. The molecule has 0 heterocycles. The first-order valence-electron chi connectivity index (χ1n) is 4.21. The predicted octanol–water partition coefficient (Wildman–Crippen LogP) is -3.84. The zero-order chi connectivity index (χ0) is 11.2. The Balaban J connectivity index is 0. The average molecular weight is 248 g/mol. The molecule has 0 aliphatic carbocycles. The van der Waals surface area contributed by atoms with E-state index in [1.54, 1.807) is 6.92 Å². The molecule has 84 valence electrons. The molecule has 0 saturated carbocycles. The van der Waals surface area contributed by atoms with Crippen molar-refractivity contribution in [3.05, 3.63) is 0 Å². The van der Waals surface area contributed by atoms with Crippen molar-refractivity contribution in [2.24, 2.45) is 0 Å². The largest absolute Gasteiger partial charge is 1.00 e. The van der Waals surface area contributed by atoms with Gasteiger partial charge in [0.2, 0.25) is 5.91 Å². The Morgan fingerprint density at radius 2 is 2.00 bits per heavy atom. The number of hydrogen-bond acceptors (Lipinski definition) is 4. The molecule has 0 aromatic rings. The first-order valence-corrected chi connectivity index (χ1v) is 5.82. The third kappa shape index (κ3) is 14.3. The SMILES string of the molecule is CC(O)CCC(=O)NCCS(=O)(=O)O.[Na+]. The average Bonchev–Trinajstić information content (AvgIpc) is 1.98. The van der Waals surface area contributed by atoms with Gasteiger partial charge in [-0.1, -0.05) is 0 Å². The van der Waals surface area contributed by atoms with Crippen molar-refractivity contribution in [1.82, 2.24) is 5.32 Å². The second-order valence-corrected chi connectivity index (χ2v) is 4.60. The van der Waals surface area contributed by atoms with Crippen LogP contribution in [0.3, 0.4) is 0 Å². The number of carbonyl (C=O) groups is 1. The summed E-state index contributed by atoms with van der Waals surface area (Å²) >= 11 is 0. The van der Waals surface area contributed by atoms with Crippen LogP contribution in [-0.2, 0) is 14.9 Å². The topological polar surface area (TPSA) is 104 Å². The first kappa shape index (κ1) is 17.7. The van der Waals surface area contributed by atoms with Gasteiger partial charge >= 0.3 is 29.6 Å². The van der Waals surface area contributed by atoms with Gasteiger partial charge in [0.1, 0.15) is 0 Å². The van der Waals surface area contributed by atoms with E-state index >= 15 is 0 Å². The molecule has 1 unspecified atom stereocenters. The normalized spacial score (nSPS) is 12.7. The predicted molar refractivity (Wildman–Crippen MR) is 50.3 cm³/mol. The molecule has 1 amide bonds. The molecule has 0 saturated heterocycles. The fourth-order valence-electron chi connectivity index (χ4n) is 0.748. The zero-order valence-electron chi connectivity index (χ0n) is 8.93. The number of rotatable bonds is 6. The van der Waals surface area contributed by atoms with Crippen molar-refractivity contribution in [2.45, 2.75) is 25.9 Å². The smallest absolute Gasteiger partial charge is 0.393 e. The standard InChI is InChI=1S/C7H15NO5S.Na/c1-6(9)2-3-7(10)8-4-5-14(11,12)13;/h6,9H,2-5H2,1H3,(H,8,10)(H,11,12,13);/q;+1. The van der Waals surface area contributed by atoms with Crippen LogP contribution in [-0.4, -0.2) is 42.4 Å². The Kier molecular flexibility index (Phi) is 10.0. The summed E-state index contributed by atoms with van der Waals surface area (Å²) in [6.45, 7) is 1.45. The number of aliphatic hydroxyl groups excluding tert-OH is 1. The van der Waals surface area contributed by atoms with Crippen molar-refractivity contribution in [3.8, 4) is 0 Å². The number of amides is 1. The van der Waals surface area contributed by atoms with Gasteiger partial charge in [0.25, 0.3) is 10.1 Å². The van der Waals surface area contributed by atoms with E-state index in [0.29, 0.717) is 6.42 Å². The van der Waals surface area contributed by atoms with Gasteiger partial charge in [-0.3, -0.25) is 9.35 Å². The Morgan fingerprint density at radius 1 is 1.47 bits per heavy atom. The summed E-state index contributed by atoms with van der Waals surface area (Å²) < 4.78 is 28.8. The van der Waals surface area contributed by atoms with E-state index in [4.69, 9.17) is 9.66 Å². The zero-order valence-corrected chi connectivity index (χ0v) is 11.7. The fourth-order valence-corrected chi connectivity index (χ4v) is 1.11. The molecule has 0 fully saturated rings. The van der Waals surface area contributed by atoms with Crippen LogP contribution in [0.1, 0.15) is 19.8 Å². The summed E-state index contributed by atoms with van der Waals surface area (Å²) in [6, 6.07) is 0. The van der Waals surface area contributed by atoms with Crippen molar-refractivity contribution < 1.29 is 52.4 Å². The van der Waals surface area contributed by atoms with Crippen LogP contribution >= 0.6 is 0 Å². The molecule has 0 aliphatic rings. The summed E-state index contributed by atoms with van der Waals surface area (Å²) in [5.41, 5.74) is 0. The monoisotopic (exact) mass is 248 g/mol. The molecule has 3 N–H and O–H groups in total. The minimum Gasteiger partial charge on any atom is -0.393 e. The minimum absolute atomic E-state index is 0. The molecule has 1 atom stereocenters. The van der Waals surface area contributed by atoms with E-state index < -0.39 is 22.0 Å². The molecule has 0 aliphatic heterocycles. The van der Waals surface area contributed by atoms with Gasteiger partial charge < -0.3 is 10.4 Å². The fraction of sp³-hybridized carbons (Fsp3) is 0.857. The van der Waals surface area contributed by atoms with Crippen LogP contribution in [0.25, 0.3) is 0 Å². The maximum Gasteiger partial charge on any atom is 1.00 e. The van der Waals surface area contributed by atoms with Crippen LogP contribution in [0, 0.1) is 0 Å². The Hall–Kier alpha value is 0.340. The van der Waals surface area contributed by atoms with Crippen LogP contribution in [0.4, 0.5) is 0 Å². The number of aliphatic hydroxyl groups is 1. The molecule has 0 rings (SSSR count). The van der Waals surface area contributed by atoms with Crippen molar-refractivity contribution in [1.29, 1.82) is 0 Å². The summed E-state index contributed by atoms with van der Waals surface area (Å²) in [7, 11) is -4.02. The quantitative estimate of drug-likeness (QED) is 0.330. The van der Waals surface area contributed by atoms with Crippen molar-refractivity contribution in [3.63, 3.8) is 0 Å². The van der Waals surface area contributed by atoms with Crippen LogP contribution in [0.15, 0.2) is 0 Å². The molecule has 0 aromatic heterocycles. The number of carbonyl (C=O) groups excluding carboxylic acids is 1. The summed E-state index contributed by atoms with van der Waals surface area (Å²) in [4.78, 5) is 10.9. The molecule has 15 heavy (non-hydrogen) atoms. The van der Waals surface area contributed by atoms with Gasteiger partial charge in [-0.25, -0.2) is 0 Å².